The predicted molar refractivity (Wildman–Crippen MR) is 97.1 cm³/mol. The van der Waals surface area contributed by atoms with E-state index in [1.54, 1.807) is 16.8 Å². The lowest BCUT2D eigenvalue weighted by Gasteiger charge is -2.22. The van der Waals surface area contributed by atoms with Crippen LogP contribution >= 0.6 is 0 Å². The monoisotopic (exact) mass is 354 g/mol. The maximum Gasteiger partial charge on any atom is 0.272 e. The van der Waals surface area contributed by atoms with Gasteiger partial charge in [0.2, 0.25) is 0 Å². The molecule has 2 amide bonds. The minimum atomic E-state index is -0.271. The summed E-state index contributed by atoms with van der Waals surface area (Å²) in [6.45, 7) is 3.97. The lowest BCUT2D eigenvalue weighted by molar-refractivity contribution is 0.0715. The van der Waals surface area contributed by atoms with E-state index in [-0.39, 0.29) is 23.1 Å². The normalized spacial score (nSPS) is 14.8. The van der Waals surface area contributed by atoms with Crippen molar-refractivity contribution in [3.05, 3.63) is 63.8 Å². The summed E-state index contributed by atoms with van der Waals surface area (Å²) < 4.78 is 1.32. The van der Waals surface area contributed by atoms with E-state index in [2.05, 4.69) is 4.98 Å². The van der Waals surface area contributed by atoms with Gasteiger partial charge in [0, 0.05) is 44.9 Å². The molecular weight excluding hydrogens is 332 g/mol. The first-order valence-electron chi connectivity index (χ1n) is 8.63. The van der Waals surface area contributed by atoms with Crippen LogP contribution in [0.5, 0.6) is 0 Å². The number of nitrogens with zero attached hydrogens (tertiary/aromatic N) is 4. The zero-order valence-corrected chi connectivity index (χ0v) is 15.0. The molecule has 1 aromatic heterocycles. The smallest absolute Gasteiger partial charge is 0.272 e. The van der Waals surface area contributed by atoms with E-state index in [0.717, 1.165) is 5.56 Å². The molecule has 1 fully saturated rings. The molecule has 0 unspecified atom stereocenters. The Bertz CT molecular complexity index is 890. The summed E-state index contributed by atoms with van der Waals surface area (Å²) in [5.74, 6) is -0.290. The first kappa shape index (κ1) is 17.8. The average molecular weight is 354 g/mol. The van der Waals surface area contributed by atoms with E-state index < -0.39 is 0 Å². The molecule has 0 radical (unpaired) electrons. The van der Waals surface area contributed by atoms with Gasteiger partial charge in [-0.2, -0.15) is 0 Å². The third-order valence-corrected chi connectivity index (χ3v) is 4.53. The molecule has 0 spiro atoms. The summed E-state index contributed by atoms with van der Waals surface area (Å²) >= 11 is 0. The van der Waals surface area contributed by atoms with Crippen LogP contribution in [0.2, 0.25) is 0 Å². The third-order valence-electron chi connectivity index (χ3n) is 4.53. The van der Waals surface area contributed by atoms with Crippen LogP contribution in [0.4, 0.5) is 0 Å². The first-order chi connectivity index (χ1) is 12.5. The first-order valence-corrected chi connectivity index (χ1v) is 8.63. The minimum Gasteiger partial charge on any atom is -0.337 e. The third kappa shape index (κ3) is 3.82. The van der Waals surface area contributed by atoms with Gasteiger partial charge in [0.25, 0.3) is 17.4 Å². The highest BCUT2D eigenvalue weighted by Crippen LogP contribution is 2.12. The number of carbonyl (C=O) groups excluding carboxylic acids is 2. The predicted octanol–water partition coefficient (Wildman–Crippen LogP) is 1.08. The molecule has 136 valence electrons. The van der Waals surface area contributed by atoms with Crippen LogP contribution in [0, 0.1) is 6.92 Å². The Morgan fingerprint density at radius 3 is 2.35 bits per heavy atom. The number of benzene rings is 1. The van der Waals surface area contributed by atoms with Crippen molar-refractivity contribution in [3.63, 3.8) is 0 Å². The molecule has 0 aliphatic carbocycles. The van der Waals surface area contributed by atoms with Crippen LogP contribution in [0.15, 0.2) is 41.5 Å². The van der Waals surface area contributed by atoms with Gasteiger partial charge in [0.1, 0.15) is 5.69 Å². The molecule has 0 bridgehead atoms. The molecule has 3 rings (SSSR count). The molecule has 26 heavy (non-hydrogen) atoms. The van der Waals surface area contributed by atoms with E-state index >= 15 is 0 Å². The fourth-order valence-electron chi connectivity index (χ4n) is 3.03. The molecule has 7 nitrogen and oxygen atoms in total. The Balaban J connectivity index is 1.69. The number of aryl methyl sites for hydroxylation is 2. The van der Waals surface area contributed by atoms with Crippen molar-refractivity contribution in [3.8, 4) is 0 Å². The highest BCUT2D eigenvalue weighted by Gasteiger charge is 2.24. The van der Waals surface area contributed by atoms with Crippen molar-refractivity contribution in [2.75, 3.05) is 26.2 Å². The van der Waals surface area contributed by atoms with Crippen molar-refractivity contribution in [1.82, 2.24) is 19.4 Å². The summed E-state index contributed by atoms with van der Waals surface area (Å²) in [6.07, 6.45) is 2.04. The molecular formula is C19H22N4O3. The Labute approximate surface area is 151 Å². The molecule has 7 heteroatoms. The van der Waals surface area contributed by atoms with Gasteiger partial charge in [-0.15, -0.1) is 0 Å². The summed E-state index contributed by atoms with van der Waals surface area (Å²) in [7, 11) is 1.59. The summed E-state index contributed by atoms with van der Waals surface area (Å²) in [6, 6.07) is 8.77. The van der Waals surface area contributed by atoms with Gasteiger partial charge in [-0.05, 0) is 25.5 Å². The van der Waals surface area contributed by atoms with E-state index in [9.17, 15) is 14.4 Å². The Morgan fingerprint density at radius 2 is 1.69 bits per heavy atom. The lowest BCUT2D eigenvalue weighted by atomic mass is 10.1. The van der Waals surface area contributed by atoms with Crippen molar-refractivity contribution in [2.45, 2.75) is 13.3 Å². The van der Waals surface area contributed by atoms with Gasteiger partial charge in [-0.3, -0.25) is 14.4 Å². The molecule has 2 aromatic rings. The molecule has 0 N–H and O–H groups in total. The number of amides is 2. The SMILES string of the molecule is Cc1cccc(C(=O)N2CCCN(C(=O)c3cc(=O)n(C)cn3)CC2)c1. The fourth-order valence-corrected chi connectivity index (χ4v) is 3.03. The Kier molecular flexibility index (Phi) is 5.16. The van der Waals surface area contributed by atoms with Crippen molar-refractivity contribution in [1.29, 1.82) is 0 Å². The fraction of sp³-hybridized carbons (Fsp3) is 0.368. The minimum absolute atomic E-state index is 0.0188. The lowest BCUT2D eigenvalue weighted by Crippen LogP contribution is -2.38. The second kappa shape index (κ2) is 7.51. The Hall–Kier alpha value is -2.96. The van der Waals surface area contributed by atoms with Crippen LogP contribution < -0.4 is 5.56 Å². The quantitative estimate of drug-likeness (QED) is 0.809. The van der Waals surface area contributed by atoms with Gasteiger partial charge in [-0.1, -0.05) is 17.7 Å². The second-order valence-electron chi connectivity index (χ2n) is 6.53. The zero-order chi connectivity index (χ0) is 18.7. The molecule has 1 aliphatic heterocycles. The maximum absolute atomic E-state index is 12.7. The van der Waals surface area contributed by atoms with Gasteiger partial charge in [0.15, 0.2) is 0 Å². The van der Waals surface area contributed by atoms with Gasteiger partial charge in [0.05, 0.1) is 6.33 Å². The molecule has 1 aliphatic rings. The maximum atomic E-state index is 12.7. The van der Waals surface area contributed by atoms with E-state index in [4.69, 9.17) is 0 Å². The van der Waals surface area contributed by atoms with Crippen LogP contribution in [-0.4, -0.2) is 57.3 Å². The topological polar surface area (TPSA) is 75.5 Å². The molecule has 2 heterocycles. The standard InChI is InChI=1S/C19H22N4O3/c1-14-5-3-6-15(11-14)18(25)22-7-4-8-23(10-9-22)19(26)16-12-17(24)21(2)13-20-16/h3,5-6,11-13H,4,7-10H2,1-2H3. The molecule has 0 atom stereocenters. The summed E-state index contributed by atoms with van der Waals surface area (Å²) in [5.41, 5.74) is 1.58. The van der Waals surface area contributed by atoms with Crippen LogP contribution in [0.25, 0.3) is 0 Å². The van der Waals surface area contributed by atoms with Gasteiger partial charge >= 0.3 is 0 Å². The van der Waals surface area contributed by atoms with Crippen molar-refractivity contribution in [2.24, 2.45) is 7.05 Å². The van der Waals surface area contributed by atoms with Crippen LogP contribution in [-0.2, 0) is 7.05 Å². The van der Waals surface area contributed by atoms with Gasteiger partial charge in [-0.25, -0.2) is 4.98 Å². The summed E-state index contributed by atoms with van der Waals surface area (Å²) in [5, 5.41) is 0. The average Bonchev–Trinajstić information content (AvgIpc) is 2.89. The number of aromatic nitrogens is 2. The number of rotatable bonds is 2. The Morgan fingerprint density at radius 1 is 1.00 bits per heavy atom. The number of hydrogen-bond donors (Lipinski definition) is 0. The van der Waals surface area contributed by atoms with Crippen LogP contribution in [0.1, 0.15) is 32.8 Å². The van der Waals surface area contributed by atoms with Gasteiger partial charge < -0.3 is 14.4 Å². The van der Waals surface area contributed by atoms with E-state index in [0.29, 0.717) is 38.2 Å². The van der Waals surface area contributed by atoms with Crippen molar-refractivity contribution >= 4 is 11.8 Å². The highest BCUT2D eigenvalue weighted by atomic mass is 16.2. The highest BCUT2D eigenvalue weighted by molar-refractivity contribution is 5.95. The zero-order valence-electron chi connectivity index (χ0n) is 15.0. The number of hydrogen-bond acceptors (Lipinski definition) is 4. The van der Waals surface area contributed by atoms with E-state index in [1.165, 1.54) is 17.0 Å². The second-order valence-corrected chi connectivity index (χ2v) is 6.53. The number of carbonyl (C=O) groups is 2. The van der Waals surface area contributed by atoms with E-state index in [1.807, 2.05) is 31.2 Å². The van der Waals surface area contributed by atoms with Crippen molar-refractivity contribution < 1.29 is 9.59 Å². The summed E-state index contributed by atoms with van der Waals surface area (Å²) in [4.78, 5) is 44.5. The largest absolute Gasteiger partial charge is 0.337 e. The molecule has 1 aromatic carbocycles. The molecule has 0 saturated carbocycles. The van der Waals surface area contributed by atoms with Crippen LogP contribution in [0.3, 0.4) is 0 Å². The molecule has 1 saturated heterocycles.